The average molecular weight is 237 g/mol. The first-order valence-electron chi connectivity index (χ1n) is 4.44. The number of hydrogen-bond donors (Lipinski definition) is 2. The van der Waals surface area contributed by atoms with Gasteiger partial charge in [0.05, 0.1) is 9.20 Å². The molecule has 1 heterocycles. The molecule has 1 aromatic heterocycles. The molecular formula is C11H8FNO2S. The molecular weight excluding hydrogens is 229 g/mol. The lowest BCUT2D eigenvalue weighted by atomic mass is 10.2. The first-order valence-corrected chi connectivity index (χ1v) is 5.26. The summed E-state index contributed by atoms with van der Waals surface area (Å²) in [6.45, 7) is 3.61. The predicted octanol–water partition coefficient (Wildman–Crippen LogP) is 0.520. The summed E-state index contributed by atoms with van der Waals surface area (Å²) in [6, 6.07) is 3.89. The minimum Gasteiger partial charge on any atom is -0.505 e. The minimum absolute atomic E-state index is 0.237. The van der Waals surface area contributed by atoms with Crippen molar-refractivity contribution in [3.8, 4) is 5.75 Å². The minimum atomic E-state index is -0.685. The lowest BCUT2D eigenvalue weighted by molar-refractivity contribution is 0.432. The van der Waals surface area contributed by atoms with Crippen molar-refractivity contribution < 1.29 is 9.50 Å². The highest BCUT2D eigenvalue weighted by Gasteiger charge is 2.00. The first kappa shape index (κ1) is 10.6. The smallest absolute Gasteiger partial charge is 0.266 e. The van der Waals surface area contributed by atoms with Crippen LogP contribution in [0.25, 0.3) is 12.7 Å². The van der Waals surface area contributed by atoms with Gasteiger partial charge < -0.3 is 10.1 Å². The number of benzene rings is 1. The fourth-order valence-electron chi connectivity index (χ4n) is 1.26. The predicted molar refractivity (Wildman–Crippen MR) is 61.3 cm³/mol. The van der Waals surface area contributed by atoms with E-state index < -0.39 is 11.6 Å². The number of phenols is 1. The Hall–Kier alpha value is -1.88. The summed E-state index contributed by atoms with van der Waals surface area (Å²) < 4.78 is 13.8. The summed E-state index contributed by atoms with van der Waals surface area (Å²) >= 11 is 1.21. The highest BCUT2D eigenvalue weighted by Crippen LogP contribution is 2.16. The number of nitrogens with one attached hydrogen (secondary N) is 1. The number of halogens is 1. The van der Waals surface area contributed by atoms with Crippen LogP contribution in [-0.4, -0.2) is 10.1 Å². The summed E-state index contributed by atoms with van der Waals surface area (Å²) in [5.74, 6) is -1.12. The number of aromatic hydroxyl groups is 1. The van der Waals surface area contributed by atoms with Crippen molar-refractivity contribution in [2.75, 3.05) is 0 Å². The highest BCUT2D eigenvalue weighted by atomic mass is 32.1. The molecule has 5 heteroatoms. The molecule has 0 amide bonds. The van der Waals surface area contributed by atoms with Crippen LogP contribution in [0.1, 0.15) is 5.56 Å². The number of phenolic OH excluding ortho intramolecular Hbond substituents is 1. The van der Waals surface area contributed by atoms with Crippen molar-refractivity contribution in [3.05, 3.63) is 49.1 Å². The van der Waals surface area contributed by atoms with Crippen molar-refractivity contribution in [2.24, 2.45) is 0 Å². The number of H-pyrrole nitrogens is 1. The molecule has 0 unspecified atom stereocenters. The number of hydrogen-bond acceptors (Lipinski definition) is 3. The van der Waals surface area contributed by atoms with Crippen molar-refractivity contribution >= 4 is 24.0 Å². The number of aromatic nitrogens is 1. The highest BCUT2D eigenvalue weighted by molar-refractivity contribution is 7.07. The molecule has 82 valence electrons. The third-order valence-electron chi connectivity index (χ3n) is 1.98. The Morgan fingerprint density at radius 2 is 2.25 bits per heavy atom. The van der Waals surface area contributed by atoms with Gasteiger partial charge in [0.2, 0.25) is 0 Å². The molecule has 2 rings (SSSR count). The van der Waals surface area contributed by atoms with E-state index in [2.05, 4.69) is 11.6 Å². The molecule has 0 spiro atoms. The second kappa shape index (κ2) is 3.94. The normalized spacial score (nSPS) is 11.9. The van der Waals surface area contributed by atoms with Crippen LogP contribution in [0.4, 0.5) is 4.39 Å². The largest absolute Gasteiger partial charge is 0.505 e. The maximum atomic E-state index is 12.8. The van der Waals surface area contributed by atoms with Crippen molar-refractivity contribution in [3.63, 3.8) is 0 Å². The molecule has 0 bridgehead atoms. The summed E-state index contributed by atoms with van der Waals surface area (Å²) in [5.41, 5.74) is 0.324. The summed E-state index contributed by atoms with van der Waals surface area (Å²) in [6.07, 6.45) is 1.57. The SMILES string of the molecule is C=c1[nH]c(=O)/c(=C/c2ccc(F)c(O)c2)s1. The van der Waals surface area contributed by atoms with Crippen molar-refractivity contribution in [1.29, 1.82) is 0 Å². The van der Waals surface area contributed by atoms with Gasteiger partial charge in [-0.2, -0.15) is 0 Å². The van der Waals surface area contributed by atoms with Gasteiger partial charge in [-0.3, -0.25) is 4.79 Å². The van der Waals surface area contributed by atoms with Crippen LogP contribution in [0.15, 0.2) is 23.0 Å². The standard InChI is InChI=1S/C11H8FNO2S/c1-6-13-11(15)10(16-6)5-7-2-3-8(12)9(14)4-7/h2-5,14H,1H2,(H,13,15)/b10-5-. The Balaban J connectivity index is 2.59. The van der Waals surface area contributed by atoms with E-state index in [9.17, 15) is 9.18 Å². The average Bonchev–Trinajstić information content (AvgIpc) is 2.51. The lowest BCUT2D eigenvalue weighted by Crippen LogP contribution is -2.19. The molecule has 3 nitrogen and oxygen atoms in total. The summed E-state index contributed by atoms with van der Waals surface area (Å²) in [7, 11) is 0. The van der Waals surface area contributed by atoms with E-state index in [1.165, 1.54) is 23.5 Å². The number of thiazole rings is 1. The van der Waals surface area contributed by atoms with Crippen LogP contribution in [0.3, 0.4) is 0 Å². The molecule has 2 aromatic rings. The zero-order valence-electron chi connectivity index (χ0n) is 8.16. The van der Waals surface area contributed by atoms with Crippen molar-refractivity contribution in [2.45, 2.75) is 0 Å². The monoisotopic (exact) mass is 237 g/mol. The molecule has 0 saturated heterocycles. The Morgan fingerprint density at radius 1 is 1.50 bits per heavy atom. The lowest BCUT2D eigenvalue weighted by Gasteiger charge is -1.95. The van der Waals surface area contributed by atoms with Crippen LogP contribution < -0.4 is 14.8 Å². The van der Waals surface area contributed by atoms with Gasteiger partial charge in [-0.05, 0) is 23.8 Å². The maximum Gasteiger partial charge on any atom is 0.266 e. The Labute approximate surface area is 93.8 Å². The third-order valence-corrected chi connectivity index (χ3v) is 2.85. The summed E-state index contributed by atoms with van der Waals surface area (Å²) in [4.78, 5) is 13.9. The number of aromatic amines is 1. The van der Waals surface area contributed by atoms with Gasteiger partial charge in [0.25, 0.3) is 5.56 Å². The molecule has 0 fully saturated rings. The molecule has 0 aliphatic carbocycles. The summed E-state index contributed by atoms with van der Waals surface area (Å²) in [5, 5.41) is 9.16. The van der Waals surface area contributed by atoms with E-state index in [4.69, 9.17) is 5.11 Å². The van der Waals surface area contributed by atoms with E-state index in [0.29, 0.717) is 14.8 Å². The van der Waals surface area contributed by atoms with Crippen LogP contribution in [0.2, 0.25) is 0 Å². The second-order valence-corrected chi connectivity index (χ2v) is 4.34. The topological polar surface area (TPSA) is 53.1 Å². The molecule has 0 atom stereocenters. The Kier molecular flexibility index (Phi) is 2.62. The molecule has 2 N–H and O–H groups in total. The van der Waals surface area contributed by atoms with Crippen LogP contribution >= 0.6 is 11.3 Å². The number of rotatable bonds is 1. The fraction of sp³-hybridized carbons (Fsp3) is 0. The van der Waals surface area contributed by atoms with Crippen molar-refractivity contribution in [1.82, 2.24) is 4.98 Å². The van der Waals surface area contributed by atoms with E-state index in [1.807, 2.05) is 0 Å². The van der Waals surface area contributed by atoms with E-state index in [-0.39, 0.29) is 5.56 Å². The molecule has 0 aliphatic rings. The first-order chi connectivity index (χ1) is 7.56. The molecule has 1 aromatic carbocycles. The van der Waals surface area contributed by atoms with E-state index >= 15 is 0 Å². The second-order valence-electron chi connectivity index (χ2n) is 3.20. The molecule has 0 radical (unpaired) electrons. The quantitative estimate of drug-likeness (QED) is 0.759. The van der Waals surface area contributed by atoms with Gasteiger partial charge in [-0.25, -0.2) is 4.39 Å². The van der Waals surface area contributed by atoms with E-state index in [1.54, 1.807) is 6.08 Å². The van der Waals surface area contributed by atoms with Gasteiger partial charge in [-0.1, -0.05) is 12.6 Å². The third kappa shape index (κ3) is 2.04. The van der Waals surface area contributed by atoms with Gasteiger partial charge >= 0.3 is 0 Å². The fourth-order valence-corrected chi connectivity index (χ4v) is 2.01. The van der Waals surface area contributed by atoms with Crippen LogP contribution in [0.5, 0.6) is 5.75 Å². The van der Waals surface area contributed by atoms with Gasteiger partial charge in [0, 0.05) is 0 Å². The maximum absolute atomic E-state index is 12.8. The van der Waals surface area contributed by atoms with Gasteiger partial charge in [-0.15, -0.1) is 11.3 Å². The van der Waals surface area contributed by atoms with Gasteiger partial charge in [0.15, 0.2) is 11.6 Å². The van der Waals surface area contributed by atoms with Crippen LogP contribution in [-0.2, 0) is 0 Å². The molecule has 0 aliphatic heterocycles. The van der Waals surface area contributed by atoms with E-state index in [0.717, 1.165) is 6.07 Å². The molecule has 16 heavy (non-hydrogen) atoms. The molecule has 0 saturated carbocycles. The Morgan fingerprint density at radius 3 is 2.81 bits per heavy atom. The zero-order valence-corrected chi connectivity index (χ0v) is 8.97. The zero-order chi connectivity index (χ0) is 11.7. The van der Waals surface area contributed by atoms with Gasteiger partial charge in [0.1, 0.15) is 0 Å². The Bertz CT molecular complexity index is 687. The van der Waals surface area contributed by atoms with Crippen LogP contribution in [0, 0.1) is 5.82 Å².